The van der Waals surface area contributed by atoms with E-state index in [1.165, 1.54) is 12.8 Å². The second kappa shape index (κ2) is 5.22. The van der Waals surface area contributed by atoms with Gasteiger partial charge in [-0.25, -0.2) is 4.98 Å². The summed E-state index contributed by atoms with van der Waals surface area (Å²) in [5, 5.41) is 0. The fraction of sp³-hybridized carbons (Fsp3) is 0.714. The van der Waals surface area contributed by atoms with Crippen LogP contribution in [0.2, 0.25) is 0 Å². The third-order valence-corrected chi connectivity index (χ3v) is 4.30. The first-order valence-electron chi connectivity index (χ1n) is 6.73. The molecule has 100 valence electrons. The molecule has 0 unspecified atom stereocenters. The number of hydrogen-bond acceptors (Lipinski definition) is 3. The zero-order valence-electron chi connectivity index (χ0n) is 11.6. The van der Waals surface area contributed by atoms with E-state index in [2.05, 4.69) is 9.88 Å². The first-order valence-corrected chi connectivity index (χ1v) is 6.73. The van der Waals surface area contributed by atoms with Gasteiger partial charge in [0.05, 0.1) is 5.54 Å². The normalized spacial score (nSPS) is 18.4. The van der Waals surface area contributed by atoms with E-state index in [0.717, 1.165) is 25.1 Å². The van der Waals surface area contributed by atoms with Crippen LogP contribution in [0.5, 0.6) is 0 Å². The number of likely N-dealkylation sites (N-methyl/N-ethyl adjacent to an activating group) is 1. The number of aromatic nitrogens is 2. The van der Waals surface area contributed by atoms with Crippen LogP contribution >= 0.6 is 0 Å². The maximum atomic E-state index is 12.5. The first-order chi connectivity index (χ1) is 8.56. The largest absolute Gasteiger partial charge is 0.338 e. The summed E-state index contributed by atoms with van der Waals surface area (Å²) in [6, 6.07) is 0. The highest BCUT2D eigenvalue weighted by Gasteiger charge is 2.42. The zero-order chi connectivity index (χ0) is 13.2. The predicted octanol–water partition coefficient (Wildman–Crippen LogP) is 1.80. The molecule has 0 atom stereocenters. The lowest BCUT2D eigenvalue weighted by atomic mass is 9.88. The van der Waals surface area contributed by atoms with E-state index in [0.29, 0.717) is 12.2 Å². The van der Waals surface area contributed by atoms with Crippen LogP contribution in [0.25, 0.3) is 0 Å². The van der Waals surface area contributed by atoms with Crippen LogP contribution in [0.1, 0.15) is 37.9 Å². The van der Waals surface area contributed by atoms with Crippen molar-refractivity contribution in [3.63, 3.8) is 0 Å². The number of nitrogens with zero attached hydrogens (tertiary/aromatic N) is 3. The molecule has 0 aliphatic heterocycles. The molecule has 1 aromatic rings. The lowest BCUT2D eigenvalue weighted by molar-refractivity contribution is -0.129. The molecule has 0 bridgehead atoms. The number of rotatable bonds is 5. The van der Waals surface area contributed by atoms with Gasteiger partial charge in [-0.15, -0.1) is 0 Å². The number of ketones is 1. The molecule has 0 aromatic carbocycles. The molecule has 18 heavy (non-hydrogen) atoms. The van der Waals surface area contributed by atoms with Gasteiger partial charge in [0.1, 0.15) is 5.82 Å². The molecule has 0 spiro atoms. The summed E-state index contributed by atoms with van der Waals surface area (Å²) < 4.78 is 1.99. The van der Waals surface area contributed by atoms with Crippen LogP contribution in [0.15, 0.2) is 12.4 Å². The highest BCUT2D eigenvalue weighted by Crippen LogP contribution is 2.35. The van der Waals surface area contributed by atoms with Crippen LogP contribution in [0.4, 0.5) is 0 Å². The molecule has 1 aliphatic rings. The van der Waals surface area contributed by atoms with E-state index in [1.807, 2.05) is 31.9 Å². The van der Waals surface area contributed by atoms with Crippen LogP contribution in [-0.2, 0) is 18.3 Å². The van der Waals surface area contributed by atoms with E-state index < -0.39 is 0 Å². The highest BCUT2D eigenvalue weighted by atomic mass is 16.1. The summed E-state index contributed by atoms with van der Waals surface area (Å²) >= 11 is 0. The zero-order valence-corrected chi connectivity index (χ0v) is 11.6. The van der Waals surface area contributed by atoms with E-state index in [4.69, 9.17) is 0 Å². The minimum absolute atomic E-state index is 0.203. The van der Waals surface area contributed by atoms with Gasteiger partial charge in [0.2, 0.25) is 0 Å². The van der Waals surface area contributed by atoms with Crippen LogP contribution in [0.3, 0.4) is 0 Å². The fourth-order valence-electron chi connectivity index (χ4n) is 3.03. The molecule has 1 saturated carbocycles. The van der Waals surface area contributed by atoms with Crippen molar-refractivity contribution in [1.82, 2.24) is 14.5 Å². The highest BCUT2D eigenvalue weighted by molar-refractivity contribution is 5.88. The average Bonchev–Trinajstić information content (AvgIpc) is 2.95. The molecule has 1 fully saturated rings. The molecule has 0 amide bonds. The van der Waals surface area contributed by atoms with Gasteiger partial charge in [-0.1, -0.05) is 12.8 Å². The van der Waals surface area contributed by atoms with E-state index >= 15 is 0 Å². The van der Waals surface area contributed by atoms with Crippen molar-refractivity contribution in [2.24, 2.45) is 7.05 Å². The van der Waals surface area contributed by atoms with Crippen LogP contribution < -0.4 is 0 Å². The maximum absolute atomic E-state index is 12.5. The van der Waals surface area contributed by atoms with Gasteiger partial charge in [0.25, 0.3) is 0 Å². The smallest absolute Gasteiger partial charge is 0.153 e. The number of aryl methyl sites for hydroxylation is 2. The summed E-state index contributed by atoms with van der Waals surface area (Å²) in [4.78, 5) is 18.9. The standard InChI is InChI=1S/C14H23N3O/c1-16(2)14(8-4-5-9-14)12(18)6-7-13-15-10-11-17(13)3/h10-11H,4-9H2,1-3H3. The second-order valence-electron chi connectivity index (χ2n) is 5.51. The molecule has 0 N–H and O–H groups in total. The van der Waals surface area contributed by atoms with E-state index in [1.54, 1.807) is 6.20 Å². The van der Waals surface area contributed by atoms with Crippen molar-refractivity contribution in [1.29, 1.82) is 0 Å². The molecule has 1 aromatic heterocycles. The quantitative estimate of drug-likeness (QED) is 0.798. The molecule has 0 radical (unpaired) electrons. The summed E-state index contributed by atoms with van der Waals surface area (Å²) in [7, 11) is 6.04. The predicted molar refractivity (Wildman–Crippen MR) is 71.4 cm³/mol. The monoisotopic (exact) mass is 249 g/mol. The van der Waals surface area contributed by atoms with Crippen molar-refractivity contribution in [3.8, 4) is 0 Å². The van der Waals surface area contributed by atoms with Crippen LogP contribution in [0, 0.1) is 0 Å². The third kappa shape index (κ3) is 2.34. The Bertz CT molecular complexity index is 416. The van der Waals surface area contributed by atoms with Gasteiger partial charge in [-0.05, 0) is 26.9 Å². The Balaban J connectivity index is 2.00. The molecular formula is C14H23N3O. The van der Waals surface area contributed by atoms with Crippen molar-refractivity contribution in [2.75, 3.05) is 14.1 Å². The summed E-state index contributed by atoms with van der Waals surface area (Å²) in [5.74, 6) is 1.38. The Labute approximate surface area is 109 Å². The lowest BCUT2D eigenvalue weighted by Crippen LogP contribution is -2.49. The second-order valence-corrected chi connectivity index (χ2v) is 5.51. The van der Waals surface area contributed by atoms with Gasteiger partial charge in [-0.3, -0.25) is 9.69 Å². The fourth-order valence-corrected chi connectivity index (χ4v) is 3.03. The maximum Gasteiger partial charge on any atom is 0.153 e. The Morgan fingerprint density at radius 3 is 2.61 bits per heavy atom. The van der Waals surface area contributed by atoms with Gasteiger partial charge >= 0.3 is 0 Å². The molecule has 0 saturated heterocycles. The summed E-state index contributed by atoms with van der Waals surface area (Å²) in [6.45, 7) is 0. The Morgan fingerprint density at radius 1 is 1.44 bits per heavy atom. The molecular weight excluding hydrogens is 226 g/mol. The Hall–Kier alpha value is -1.16. The first kappa shape index (κ1) is 13.3. The van der Waals surface area contributed by atoms with Crippen molar-refractivity contribution >= 4 is 5.78 Å². The number of imidazole rings is 1. The minimum atomic E-state index is -0.203. The molecule has 2 rings (SSSR count). The third-order valence-electron chi connectivity index (χ3n) is 4.30. The number of carbonyl (C=O) groups is 1. The topological polar surface area (TPSA) is 38.1 Å². The number of hydrogen-bond donors (Lipinski definition) is 0. The number of Topliss-reactive ketones (excluding diaryl/α,β-unsaturated/α-hetero) is 1. The van der Waals surface area contributed by atoms with E-state index in [-0.39, 0.29) is 5.54 Å². The average molecular weight is 249 g/mol. The number of carbonyl (C=O) groups excluding carboxylic acids is 1. The van der Waals surface area contributed by atoms with Gasteiger partial charge in [0, 0.05) is 32.3 Å². The van der Waals surface area contributed by atoms with Crippen molar-refractivity contribution < 1.29 is 4.79 Å². The van der Waals surface area contributed by atoms with E-state index in [9.17, 15) is 4.79 Å². The Kier molecular flexibility index (Phi) is 3.85. The van der Waals surface area contributed by atoms with Gasteiger partial charge in [-0.2, -0.15) is 0 Å². The summed E-state index contributed by atoms with van der Waals surface area (Å²) in [5.41, 5.74) is -0.203. The van der Waals surface area contributed by atoms with Gasteiger partial charge in [0.15, 0.2) is 5.78 Å². The SMILES string of the molecule is CN(C)C1(C(=O)CCc2nccn2C)CCCC1. The Morgan fingerprint density at radius 2 is 2.11 bits per heavy atom. The minimum Gasteiger partial charge on any atom is -0.338 e. The molecule has 1 aliphatic carbocycles. The van der Waals surface area contributed by atoms with Crippen molar-refractivity contribution in [2.45, 2.75) is 44.1 Å². The molecule has 4 nitrogen and oxygen atoms in total. The lowest BCUT2D eigenvalue weighted by Gasteiger charge is -2.34. The van der Waals surface area contributed by atoms with Crippen LogP contribution in [-0.4, -0.2) is 39.9 Å². The van der Waals surface area contributed by atoms with Crippen molar-refractivity contribution in [3.05, 3.63) is 18.2 Å². The summed E-state index contributed by atoms with van der Waals surface area (Å²) in [6.07, 6.45) is 9.44. The van der Waals surface area contributed by atoms with Gasteiger partial charge < -0.3 is 4.57 Å². The molecule has 4 heteroatoms. The molecule has 1 heterocycles.